The molecule has 6 nitrogen and oxygen atoms in total. The molecule has 2 heterocycles. The highest BCUT2D eigenvalue weighted by atomic mass is 16.7. The Bertz CT molecular complexity index is 836. The highest BCUT2D eigenvalue weighted by molar-refractivity contribution is 5.88. The van der Waals surface area contributed by atoms with Crippen molar-refractivity contribution in [3.8, 4) is 5.75 Å². The number of nitrogens with zero attached hydrogens (tertiary/aromatic N) is 1. The molecule has 0 N–H and O–H groups in total. The van der Waals surface area contributed by atoms with Crippen LogP contribution in [0, 0.1) is 6.92 Å². The Morgan fingerprint density at radius 1 is 1.32 bits per heavy atom. The van der Waals surface area contributed by atoms with E-state index in [1.807, 2.05) is 26.0 Å². The molecule has 3 rings (SSSR count). The third kappa shape index (κ3) is 3.69. The summed E-state index contributed by atoms with van der Waals surface area (Å²) in [5.41, 5.74) is 1.84. The first-order valence-corrected chi connectivity index (χ1v) is 8.68. The van der Waals surface area contributed by atoms with E-state index < -0.39 is 6.10 Å². The summed E-state index contributed by atoms with van der Waals surface area (Å²) < 4.78 is 11.3. The molecule has 1 aromatic heterocycles. The molecule has 1 fully saturated rings. The smallest absolute Gasteiger partial charge is 0.336 e. The number of hydroxylamine groups is 2. The number of hydrogen-bond acceptors (Lipinski definition) is 5. The minimum atomic E-state index is -0.695. The number of amides is 1. The Kier molecular flexibility index (Phi) is 5.08. The largest absolute Gasteiger partial charge is 0.480 e. The molecule has 25 heavy (non-hydrogen) atoms. The van der Waals surface area contributed by atoms with E-state index in [0.717, 1.165) is 29.4 Å². The molecule has 1 aliphatic heterocycles. The molecule has 0 spiro atoms. The van der Waals surface area contributed by atoms with Crippen molar-refractivity contribution in [1.29, 1.82) is 0 Å². The normalized spacial score (nSPS) is 16.0. The van der Waals surface area contributed by atoms with Crippen LogP contribution in [0.3, 0.4) is 0 Å². The van der Waals surface area contributed by atoms with Crippen LogP contribution >= 0.6 is 0 Å². The first kappa shape index (κ1) is 17.5. The van der Waals surface area contributed by atoms with Gasteiger partial charge >= 0.3 is 5.63 Å². The fourth-order valence-electron chi connectivity index (χ4n) is 3.06. The lowest BCUT2D eigenvalue weighted by molar-refractivity contribution is -0.202. The maximum absolute atomic E-state index is 12.5. The third-order valence-corrected chi connectivity index (χ3v) is 4.31. The van der Waals surface area contributed by atoms with Crippen LogP contribution in [0.1, 0.15) is 37.8 Å². The summed E-state index contributed by atoms with van der Waals surface area (Å²) in [5, 5.41) is 2.12. The lowest BCUT2D eigenvalue weighted by Gasteiger charge is -2.28. The van der Waals surface area contributed by atoms with Crippen molar-refractivity contribution in [2.45, 2.75) is 46.1 Å². The van der Waals surface area contributed by atoms with Gasteiger partial charge < -0.3 is 9.15 Å². The number of aryl methyl sites for hydroxylation is 2. The van der Waals surface area contributed by atoms with Gasteiger partial charge in [0.25, 0.3) is 5.91 Å². The zero-order valence-corrected chi connectivity index (χ0v) is 14.8. The molecule has 1 aromatic carbocycles. The summed E-state index contributed by atoms with van der Waals surface area (Å²) in [6, 6.07) is 5.15. The third-order valence-electron chi connectivity index (χ3n) is 4.31. The minimum Gasteiger partial charge on any atom is -0.480 e. The number of fused-ring (bicyclic) bond motifs is 1. The Hall–Kier alpha value is -2.34. The number of carbonyl (C=O) groups is 1. The number of benzene rings is 1. The Morgan fingerprint density at radius 2 is 2.12 bits per heavy atom. The van der Waals surface area contributed by atoms with Crippen LogP contribution in [0.2, 0.25) is 0 Å². The van der Waals surface area contributed by atoms with Crippen molar-refractivity contribution in [1.82, 2.24) is 5.06 Å². The van der Waals surface area contributed by atoms with Crippen LogP contribution < -0.4 is 10.4 Å². The van der Waals surface area contributed by atoms with Gasteiger partial charge in [0.1, 0.15) is 11.3 Å². The van der Waals surface area contributed by atoms with Crippen LogP contribution in [0.15, 0.2) is 27.4 Å². The molecule has 1 saturated heterocycles. The molecule has 0 aliphatic carbocycles. The van der Waals surface area contributed by atoms with Crippen molar-refractivity contribution in [3.63, 3.8) is 0 Å². The molecule has 1 unspecified atom stereocenters. The first-order chi connectivity index (χ1) is 12.0. The second-order valence-electron chi connectivity index (χ2n) is 6.32. The molecule has 0 bridgehead atoms. The number of hydrogen-bond donors (Lipinski definition) is 0. The van der Waals surface area contributed by atoms with Crippen molar-refractivity contribution >= 4 is 16.9 Å². The molecule has 1 amide bonds. The van der Waals surface area contributed by atoms with E-state index in [-0.39, 0.29) is 11.5 Å². The summed E-state index contributed by atoms with van der Waals surface area (Å²) in [6.07, 6.45) is 1.86. The average molecular weight is 345 g/mol. The van der Waals surface area contributed by atoms with Gasteiger partial charge in [-0.25, -0.2) is 9.86 Å². The van der Waals surface area contributed by atoms with E-state index in [4.69, 9.17) is 14.0 Å². The van der Waals surface area contributed by atoms with Crippen LogP contribution in [-0.4, -0.2) is 30.2 Å². The van der Waals surface area contributed by atoms with Gasteiger partial charge in [0.05, 0.1) is 12.0 Å². The van der Waals surface area contributed by atoms with E-state index in [9.17, 15) is 9.59 Å². The van der Waals surface area contributed by atoms with Gasteiger partial charge in [-0.2, -0.15) is 0 Å². The van der Waals surface area contributed by atoms with E-state index in [2.05, 4.69) is 0 Å². The highest BCUT2D eigenvalue weighted by Crippen LogP contribution is 2.31. The molecule has 1 aliphatic rings. The molecule has 0 saturated carbocycles. The van der Waals surface area contributed by atoms with Gasteiger partial charge in [-0.3, -0.25) is 9.63 Å². The predicted molar refractivity (Wildman–Crippen MR) is 93.6 cm³/mol. The van der Waals surface area contributed by atoms with Crippen molar-refractivity contribution in [3.05, 3.63) is 39.7 Å². The highest BCUT2D eigenvalue weighted by Gasteiger charge is 2.26. The first-order valence-electron chi connectivity index (χ1n) is 8.68. The molecular weight excluding hydrogens is 322 g/mol. The topological polar surface area (TPSA) is 69.0 Å². The van der Waals surface area contributed by atoms with Gasteiger partial charge in [-0.05, 0) is 56.4 Å². The van der Waals surface area contributed by atoms with E-state index in [0.29, 0.717) is 30.9 Å². The summed E-state index contributed by atoms with van der Waals surface area (Å²) in [5.74, 6) is 0.346. The van der Waals surface area contributed by atoms with Gasteiger partial charge in [-0.1, -0.05) is 6.92 Å². The fraction of sp³-hybridized carbons (Fsp3) is 0.474. The maximum Gasteiger partial charge on any atom is 0.336 e. The maximum atomic E-state index is 12.5. The fourth-order valence-corrected chi connectivity index (χ4v) is 3.06. The molecule has 6 heteroatoms. The van der Waals surface area contributed by atoms with Gasteiger partial charge in [0, 0.05) is 12.6 Å². The SMILES string of the molecule is CCc1cc(=O)oc2cc(C)cc(OC(C)C(=O)N3CCCCO3)c12. The number of ether oxygens (including phenoxy) is 1. The molecule has 0 radical (unpaired) electrons. The standard InChI is InChI=1S/C19H23NO5/c1-4-14-11-17(21)25-16-10-12(2)9-15(18(14)16)24-13(3)19(22)20-7-5-6-8-23-20/h9-11,13H,4-8H2,1-3H3. The van der Waals surface area contributed by atoms with Gasteiger partial charge in [0.15, 0.2) is 6.10 Å². The number of carbonyl (C=O) groups excluding carboxylic acids is 1. The van der Waals surface area contributed by atoms with E-state index in [1.165, 1.54) is 11.1 Å². The van der Waals surface area contributed by atoms with Crippen molar-refractivity contribution < 1.29 is 18.8 Å². The summed E-state index contributed by atoms with van der Waals surface area (Å²) in [6.45, 7) is 6.70. The van der Waals surface area contributed by atoms with Gasteiger partial charge in [-0.15, -0.1) is 0 Å². The minimum absolute atomic E-state index is 0.204. The molecular formula is C19H23NO5. The Morgan fingerprint density at radius 3 is 2.80 bits per heavy atom. The Balaban J connectivity index is 1.94. The van der Waals surface area contributed by atoms with E-state index >= 15 is 0 Å². The zero-order valence-electron chi connectivity index (χ0n) is 14.8. The average Bonchev–Trinajstić information content (AvgIpc) is 2.60. The Labute approximate surface area is 146 Å². The zero-order chi connectivity index (χ0) is 18.0. The van der Waals surface area contributed by atoms with Crippen LogP contribution in [0.4, 0.5) is 0 Å². The van der Waals surface area contributed by atoms with Gasteiger partial charge in [0.2, 0.25) is 0 Å². The van der Waals surface area contributed by atoms with Crippen LogP contribution in [0.25, 0.3) is 11.0 Å². The van der Waals surface area contributed by atoms with Crippen molar-refractivity contribution in [2.75, 3.05) is 13.2 Å². The monoisotopic (exact) mass is 345 g/mol. The lowest BCUT2D eigenvalue weighted by Crippen LogP contribution is -2.43. The predicted octanol–water partition coefficient (Wildman–Crippen LogP) is 2.99. The number of rotatable bonds is 4. The quantitative estimate of drug-likeness (QED) is 0.797. The molecule has 2 aromatic rings. The van der Waals surface area contributed by atoms with Crippen LogP contribution in [0.5, 0.6) is 5.75 Å². The second-order valence-corrected chi connectivity index (χ2v) is 6.32. The summed E-state index contributed by atoms with van der Waals surface area (Å²) >= 11 is 0. The summed E-state index contributed by atoms with van der Waals surface area (Å²) in [7, 11) is 0. The lowest BCUT2D eigenvalue weighted by atomic mass is 10.0. The van der Waals surface area contributed by atoms with E-state index in [1.54, 1.807) is 6.92 Å². The molecule has 1 atom stereocenters. The van der Waals surface area contributed by atoms with Crippen LogP contribution in [-0.2, 0) is 16.1 Å². The summed E-state index contributed by atoms with van der Waals surface area (Å²) in [4.78, 5) is 29.7. The molecule has 134 valence electrons. The van der Waals surface area contributed by atoms with Crippen molar-refractivity contribution in [2.24, 2.45) is 0 Å². The second kappa shape index (κ2) is 7.27.